The maximum Gasteiger partial charge on any atom is -0.0320 e. The number of rotatable bonds is 5. The van der Waals surface area contributed by atoms with E-state index in [4.69, 9.17) is 6.58 Å². The smallest absolute Gasteiger partial charge is 0.0320 e. The summed E-state index contributed by atoms with van der Waals surface area (Å²) in [5.74, 6) is 0.824. The minimum atomic E-state index is 0.824. The number of hydrogen-bond donors (Lipinski definition) is 0. The van der Waals surface area contributed by atoms with Gasteiger partial charge in [-0.2, -0.15) is 0 Å². The van der Waals surface area contributed by atoms with Gasteiger partial charge < -0.3 is 0 Å². The van der Waals surface area contributed by atoms with Crippen LogP contribution in [0, 0.1) is 12.5 Å². The van der Waals surface area contributed by atoms with Crippen LogP contribution in [0.3, 0.4) is 0 Å². The third kappa shape index (κ3) is 7.38. The molecule has 0 bridgehead atoms. The summed E-state index contributed by atoms with van der Waals surface area (Å²) < 4.78 is 0. The lowest BCUT2D eigenvalue weighted by molar-refractivity contribution is 0.555. The van der Waals surface area contributed by atoms with Gasteiger partial charge in [0.2, 0.25) is 0 Å². The lowest BCUT2D eigenvalue weighted by atomic mass is 10.0. The summed E-state index contributed by atoms with van der Waals surface area (Å²) in [7, 11) is 0. The van der Waals surface area contributed by atoms with Crippen molar-refractivity contribution in [3.63, 3.8) is 0 Å². The Balaban J connectivity index is 3.38. The zero-order valence-corrected chi connectivity index (χ0v) is 7.93. The maximum absolute atomic E-state index is 5.26. The Hall–Kier alpha value is -0.520. The van der Waals surface area contributed by atoms with Crippen molar-refractivity contribution in [2.24, 2.45) is 5.92 Å². The van der Waals surface area contributed by atoms with Crippen LogP contribution in [0.25, 0.3) is 0 Å². The molecule has 0 aromatic heterocycles. The molecule has 0 aromatic rings. The second-order valence-electron chi connectivity index (χ2n) is 3.49. The van der Waals surface area contributed by atoms with Gasteiger partial charge in [0.25, 0.3) is 0 Å². The highest BCUT2D eigenvalue weighted by Crippen LogP contribution is 2.11. The van der Waals surface area contributed by atoms with E-state index in [0.717, 1.165) is 5.92 Å². The van der Waals surface area contributed by atoms with Crippen molar-refractivity contribution in [2.45, 2.75) is 40.0 Å². The number of hydrogen-bond acceptors (Lipinski definition) is 0. The first-order valence-electron chi connectivity index (χ1n) is 4.37. The minimum absolute atomic E-state index is 0.824. The molecule has 0 amide bonds. The van der Waals surface area contributed by atoms with Gasteiger partial charge in [-0.1, -0.05) is 44.6 Å². The van der Waals surface area contributed by atoms with Crippen molar-refractivity contribution in [2.75, 3.05) is 0 Å². The highest BCUT2D eigenvalue weighted by atomic mass is 14.0. The van der Waals surface area contributed by atoms with E-state index >= 15 is 0 Å². The zero-order valence-electron chi connectivity index (χ0n) is 7.93. The Labute approximate surface area is 71.0 Å². The molecule has 0 N–H and O–H groups in total. The summed E-state index contributed by atoms with van der Waals surface area (Å²) in [5, 5.41) is 0. The molecule has 0 aliphatic rings. The second kappa shape index (κ2) is 6.21. The topological polar surface area (TPSA) is 0 Å². The normalized spacial score (nSPS) is 12.2. The van der Waals surface area contributed by atoms with Crippen LogP contribution in [0.15, 0.2) is 17.7 Å². The largest absolute Gasteiger partial charge is 0.0733 e. The molecule has 0 aliphatic heterocycles. The summed E-state index contributed by atoms with van der Waals surface area (Å²) >= 11 is 0. The molecule has 0 spiro atoms. The Kier molecular flexibility index (Phi) is 5.91. The van der Waals surface area contributed by atoms with Crippen molar-refractivity contribution >= 4 is 0 Å². The van der Waals surface area contributed by atoms with Crippen molar-refractivity contribution in [3.05, 3.63) is 24.3 Å². The van der Waals surface area contributed by atoms with Crippen molar-refractivity contribution in [1.82, 2.24) is 0 Å². The molecule has 0 atom stereocenters. The van der Waals surface area contributed by atoms with E-state index in [1.54, 1.807) is 6.08 Å². The predicted octanol–water partition coefficient (Wildman–Crippen LogP) is 3.75. The zero-order chi connectivity index (χ0) is 8.69. The summed E-state index contributed by atoms with van der Waals surface area (Å²) in [4.78, 5) is 0. The standard InChI is InChI=1S/C11H19/c1-5-7-11(4)9-6-8-10(2)3/h1,5,7,10H,6,8-9H2,2-4H3/b5-1?,11-7+. The highest BCUT2D eigenvalue weighted by molar-refractivity contribution is 5.06. The monoisotopic (exact) mass is 151 g/mol. The van der Waals surface area contributed by atoms with Crippen LogP contribution < -0.4 is 0 Å². The van der Waals surface area contributed by atoms with Gasteiger partial charge in [-0.05, 0) is 25.7 Å². The molecular weight excluding hydrogens is 132 g/mol. The first kappa shape index (κ1) is 10.5. The molecule has 0 saturated carbocycles. The predicted molar refractivity (Wildman–Crippen MR) is 51.3 cm³/mol. The van der Waals surface area contributed by atoms with Gasteiger partial charge >= 0.3 is 0 Å². The van der Waals surface area contributed by atoms with Crippen LogP contribution in [0.2, 0.25) is 0 Å². The highest BCUT2D eigenvalue weighted by Gasteiger charge is 1.93. The van der Waals surface area contributed by atoms with E-state index in [1.165, 1.54) is 24.8 Å². The maximum atomic E-state index is 5.26. The van der Waals surface area contributed by atoms with Crippen LogP contribution in [0.1, 0.15) is 40.0 Å². The Bertz CT molecular complexity index is 129. The minimum Gasteiger partial charge on any atom is -0.0733 e. The van der Waals surface area contributed by atoms with E-state index in [9.17, 15) is 0 Å². The van der Waals surface area contributed by atoms with Crippen molar-refractivity contribution in [3.8, 4) is 0 Å². The molecule has 0 aromatic carbocycles. The molecule has 11 heavy (non-hydrogen) atoms. The van der Waals surface area contributed by atoms with Crippen LogP contribution >= 0.6 is 0 Å². The van der Waals surface area contributed by atoms with E-state index in [1.807, 2.05) is 6.08 Å². The molecule has 0 rings (SSSR count). The van der Waals surface area contributed by atoms with Gasteiger partial charge in [0.1, 0.15) is 0 Å². The van der Waals surface area contributed by atoms with Crippen molar-refractivity contribution < 1.29 is 0 Å². The Morgan fingerprint density at radius 1 is 1.45 bits per heavy atom. The van der Waals surface area contributed by atoms with E-state index in [2.05, 4.69) is 20.8 Å². The van der Waals surface area contributed by atoms with Gasteiger partial charge in [-0.3, -0.25) is 0 Å². The first-order valence-corrected chi connectivity index (χ1v) is 4.37. The second-order valence-corrected chi connectivity index (χ2v) is 3.49. The molecular formula is C11H19. The summed E-state index contributed by atoms with van der Waals surface area (Å²) in [5.41, 5.74) is 1.38. The summed E-state index contributed by atoms with van der Waals surface area (Å²) in [6, 6.07) is 0. The van der Waals surface area contributed by atoms with Crippen LogP contribution in [-0.2, 0) is 0 Å². The fourth-order valence-electron chi connectivity index (χ4n) is 1.04. The summed E-state index contributed by atoms with van der Waals surface area (Å²) in [6.45, 7) is 11.9. The lowest BCUT2D eigenvalue weighted by Gasteiger charge is -2.03. The van der Waals surface area contributed by atoms with Crippen LogP contribution in [-0.4, -0.2) is 0 Å². The first-order chi connectivity index (χ1) is 5.16. The third-order valence-corrected chi connectivity index (χ3v) is 1.73. The average Bonchev–Trinajstić information content (AvgIpc) is 1.87. The quantitative estimate of drug-likeness (QED) is 0.525. The lowest BCUT2D eigenvalue weighted by Crippen LogP contribution is -1.87. The molecule has 0 unspecified atom stereocenters. The fraction of sp³-hybridized carbons (Fsp3) is 0.636. The summed E-state index contributed by atoms with van der Waals surface area (Å²) in [6.07, 6.45) is 7.39. The molecule has 0 fully saturated rings. The molecule has 0 heteroatoms. The van der Waals surface area contributed by atoms with Crippen LogP contribution in [0.5, 0.6) is 0 Å². The average molecular weight is 151 g/mol. The van der Waals surface area contributed by atoms with E-state index in [0.29, 0.717) is 0 Å². The fourth-order valence-corrected chi connectivity index (χ4v) is 1.04. The molecule has 1 radical (unpaired) electrons. The molecule has 0 nitrogen and oxygen atoms in total. The third-order valence-electron chi connectivity index (χ3n) is 1.73. The Morgan fingerprint density at radius 2 is 2.09 bits per heavy atom. The molecule has 0 saturated heterocycles. The van der Waals surface area contributed by atoms with Gasteiger partial charge in [-0.25, -0.2) is 0 Å². The van der Waals surface area contributed by atoms with Gasteiger partial charge in [0, 0.05) is 0 Å². The molecule has 63 valence electrons. The van der Waals surface area contributed by atoms with Gasteiger partial charge in [0.05, 0.1) is 0 Å². The number of allylic oxidation sites excluding steroid dienone is 3. The molecule has 0 heterocycles. The molecule has 0 aliphatic carbocycles. The van der Waals surface area contributed by atoms with E-state index < -0.39 is 0 Å². The van der Waals surface area contributed by atoms with Crippen LogP contribution in [0.4, 0.5) is 0 Å². The van der Waals surface area contributed by atoms with Gasteiger partial charge in [0.15, 0.2) is 0 Å². The SMILES string of the molecule is [CH]=C/C=C(\C)CCCC(C)C. The van der Waals surface area contributed by atoms with E-state index in [-0.39, 0.29) is 0 Å². The Morgan fingerprint density at radius 3 is 2.55 bits per heavy atom. The van der Waals surface area contributed by atoms with Crippen molar-refractivity contribution in [1.29, 1.82) is 0 Å². The van der Waals surface area contributed by atoms with Gasteiger partial charge in [-0.15, -0.1) is 0 Å².